The molecule has 54 valence electrons. The van der Waals surface area contributed by atoms with Gasteiger partial charge in [0.25, 0.3) is 0 Å². The fraction of sp³-hybridized carbons (Fsp3) is 0.625. The fourth-order valence-corrected chi connectivity index (χ4v) is 1.92. The summed E-state index contributed by atoms with van der Waals surface area (Å²) in [7, 11) is 0. The number of carbonyl (C=O) groups is 1. The number of allylic oxidation sites excluding steroid dienone is 2. The first-order valence-electron chi connectivity index (χ1n) is 3.70. The molecule has 0 amide bonds. The zero-order valence-electron chi connectivity index (χ0n) is 5.66. The standard InChI is InChI=1S/C8H10O2/c9-8(10)7-5-3-1-2-4-6(5)7/h1,3,5-7H,2,4H2,(H,9,10)/t5-,6+,7-/m0/s1. The van der Waals surface area contributed by atoms with Crippen LogP contribution in [-0.2, 0) is 4.79 Å². The molecule has 0 aliphatic heterocycles. The van der Waals surface area contributed by atoms with Crippen molar-refractivity contribution in [1.82, 2.24) is 0 Å². The molecule has 1 fully saturated rings. The van der Waals surface area contributed by atoms with Gasteiger partial charge in [0, 0.05) is 0 Å². The third-order valence-electron chi connectivity index (χ3n) is 2.54. The number of hydrogen-bond donors (Lipinski definition) is 1. The Labute approximate surface area is 59.5 Å². The second kappa shape index (κ2) is 1.84. The molecule has 0 unspecified atom stereocenters. The molecule has 0 radical (unpaired) electrons. The van der Waals surface area contributed by atoms with Crippen molar-refractivity contribution >= 4 is 5.97 Å². The van der Waals surface area contributed by atoms with Gasteiger partial charge in [0.1, 0.15) is 0 Å². The molecule has 2 heteroatoms. The largest absolute Gasteiger partial charge is 0.481 e. The van der Waals surface area contributed by atoms with Crippen LogP contribution in [0.15, 0.2) is 12.2 Å². The summed E-state index contributed by atoms with van der Waals surface area (Å²) in [5.74, 6) is 0.203. The van der Waals surface area contributed by atoms with Gasteiger partial charge in [-0.25, -0.2) is 0 Å². The van der Waals surface area contributed by atoms with Gasteiger partial charge < -0.3 is 5.11 Å². The van der Waals surface area contributed by atoms with Gasteiger partial charge in [-0.15, -0.1) is 0 Å². The summed E-state index contributed by atoms with van der Waals surface area (Å²) in [6.45, 7) is 0. The normalized spacial score (nSPS) is 42.6. The van der Waals surface area contributed by atoms with E-state index in [4.69, 9.17) is 5.11 Å². The number of fused-ring (bicyclic) bond motifs is 1. The average Bonchev–Trinajstić information content (AvgIpc) is 2.60. The van der Waals surface area contributed by atoms with Gasteiger partial charge in [-0.05, 0) is 24.7 Å². The second-order valence-corrected chi connectivity index (χ2v) is 3.11. The van der Waals surface area contributed by atoms with Gasteiger partial charge >= 0.3 is 5.97 Å². The molecule has 0 heterocycles. The van der Waals surface area contributed by atoms with Crippen molar-refractivity contribution in [2.75, 3.05) is 0 Å². The number of aliphatic carboxylic acids is 1. The van der Waals surface area contributed by atoms with Crippen LogP contribution in [0, 0.1) is 17.8 Å². The molecule has 0 spiro atoms. The van der Waals surface area contributed by atoms with E-state index in [-0.39, 0.29) is 5.92 Å². The van der Waals surface area contributed by atoms with Crippen molar-refractivity contribution in [2.24, 2.45) is 17.8 Å². The van der Waals surface area contributed by atoms with Crippen LogP contribution in [0.2, 0.25) is 0 Å². The Morgan fingerprint density at radius 1 is 1.60 bits per heavy atom. The highest BCUT2D eigenvalue weighted by Crippen LogP contribution is 2.52. The number of carboxylic acid groups (broad SMARTS) is 1. The van der Waals surface area contributed by atoms with E-state index in [9.17, 15) is 4.79 Å². The molecule has 2 nitrogen and oxygen atoms in total. The topological polar surface area (TPSA) is 37.3 Å². The maximum Gasteiger partial charge on any atom is 0.307 e. The molecule has 0 aromatic rings. The number of hydrogen-bond acceptors (Lipinski definition) is 1. The van der Waals surface area contributed by atoms with Crippen LogP contribution in [0.1, 0.15) is 12.8 Å². The third kappa shape index (κ3) is 0.681. The summed E-state index contributed by atoms with van der Waals surface area (Å²) in [4.78, 5) is 10.5. The minimum Gasteiger partial charge on any atom is -0.481 e. The molecule has 3 atom stereocenters. The second-order valence-electron chi connectivity index (χ2n) is 3.11. The summed E-state index contributed by atoms with van der Waals surface area (Å²) >= 11 is 0. The highest BCUT2D eigenvalue weighted by atomic mass is 16.4. The van der Waals surface area contributed by atoms with E-state index in [1.165, 1.54) is 0 Å². The van der Waals surface area contributed by atoms with Gasteiger partial charge in [-0.2, -0.15) is 0 Å². The van der Waals surface area contributed by atoms with Crippen LogP contribution >= 0.6 is 0 Å². The van der Waals surface area contributed by atoms with Crippen molar-refractivity contribution < 1.29 is 9.90 Å². The monoisotopic (exact) mass is 138 g/mol. The van der Waals surface area contributed by atoms with Crippen LogP contribution in [0.4, 0.5) is 0 Å². The highest BCUT2D eigenvalue weighted by molar-refractivity contribution is 5.75. The van der Waals surface area contributed by atoms with Gasteiger partial charge in [-0.1, -0.05) is 12.2 Å². The van der Waals surface area contributed by atoms with Crippen molar-refractivity contribution in [1.29, 1.82) is 0 Å². The Bertz CT molecular complexity index is 195. The number of rotatable bonds is 1. The Balaban J connectivity index is 2.08. The molecule has 1 N–H and O–H groups in total. The van der Waals surface area contributed by atoms with Gasteiger partial charge in [0.05, 0.1) is 5.92 Å². The predicted octanol–water partition coefficient (Wildman–Crippen LogP) is 1.28. The Hall–Kier alpha value is -0.790. The average molecular weight is 138 g/mol. The zero-order valence-corrected chi connectivity index (χ0v) is 5.66. The van der Waals surface area contributed by atoms with Gasteiger partial charge in [0.2, 0.25) is 0 Å². The highest BCUT2D eigenvalue weighted by Gasteiger charge is 2.53. The summed E-state index contributed by atoms with van der Waals surface area (Å²) in [6, 6.07) is 0. The van der Waals surface area contributed by atoms with Gasteiger partial charge in [0.15, 0.2) is 0 Å². The van der Waals surface area contributed by atoms with Crippen molar-refractivity contribution in [3.8, 4) is 0 Å². The Morgan fingerprint density at radius 2 is 2.40 bits per heavy atom. The first kappa shape index (κ1) is 5.96. The molecule has 10 heavy (non-hydrogen) atoms. The predicted molar refractivity (Wildman–Crippen MR) is 36.5 cm³/mol. The molecule has 0 bridgehead atoms. The summed E-state index contributed by atoms with van der Waals surface area (Å²) in [6.07, 6.45) is 6.32. The maximum atomic E-state index is 10.5. The smallest absolute Gasteiger partial charge is 0.307 e. The lowest BCUT2D eigenvalue weighted by atomic mass is 10.1. The van der Waals surface area contributed by atoms with E-state index in [1.54, 1.807) is 0 Å². The van der Waals surface area contributed by atoms with Crippen molar-refractivity contribution in [3.63, 3.8) is 0 Å². The molecule has 0 aromatic carbocycles. The van der Waals surface area contributed by atoms with Crippen LogP contribution in [-0.4, -0.2) is 11.1 Å². The third-order valence-corrected chi connectivity index (χ3v) is 2.54. The fourth-order valence-electron chi connectivity index (χ4n) is 1.92. The lowest BCUT2D eigenvalue weighted by molar-refractivity contribution is -0.139. The molecule has 2 rings (SSSR count). The maximum absolute atomic E-state index is 10.5. The van der Waals surface area contributed by atoms with Crippen LogP contribution in [0.25, 0.3) is 0 Å². The summed E-state index contributed by atoms with van der Waals surface area (Å²) < 4.78 is 0. The quantitative estimate of drug-likeness (QED) is 0.554. The van der Waals surface area contributed by atoms with E-state index in [2.05, 4.69) is 12.2 Å². The van der Waals surface area contributed by atoms with Crippen LogP contribution in [0.3, 0.4) is 0 Å². The molecule has 2 aliphatic rings. The van der Waals surface area contributed by atoms with Crippen molar-refractivity contribution in [3.05, 3.63) is 12.2 Å². The lowest BCUT2D eigenvalue weighted by Gasteiger charge is -1.96. The van der Waals surface area contributed by atoms with E-state index >= 15 is 0 Å². The minimum absolute atomic E-state index is 0.0428. The summed E-state index contributed by atoms with van der Waals surface area (Å²) in [5.41, 5.74) is 0. The first-order valence-corrected chi connectivity index (χ1v) is 3.70. The molecule has 0 aromatic heterocycles. The molecule has 1 saturated carbocycles. The van der Waals surface area contributed by atoms with Crippen LogP contribution in [0.5, 0.6) is 0 Å². The first-order chi connectivity index (χ1) is 4.80. The molecule has 2 aliphatic carbocycles. The SMILES string of the molecule is O=C(O)[C@H]1[C@H]2C=CCC[C@H]21. The van der Waals surface area contributed by atoms with E-state index in [0.717, 1.165) is 12.8 Å². The zero-order chi connectivity index (χ0) is 7.14. The molecular formula is C8H10O2. The Morgan fingerprint density at radius 3 is 2.90 bits per heavy atom. The van der Waals surface area contributed by atoms with E-state index < -0.39 is 5.97 Å². The number of carboxylic acids is 1. The minimum atomic E-state index is -0.610. The van der Waals surface area contributed by atoms with E-state index in [0.29, 0.717) is 11.8 Å². The molecular weight excluding hydrogens is 128 g/mol. The van der Waals surface area contributed by atoms with Crippen LogP contribution < -0.4 is 0 Å². The van der Waals surface area contributed by atoms with E-state index in [1.807, 2.05) is 0 Å². The summed E-state index contributed by atoms with van der Waals surface area (Å²) in [5, 5.41) is 8.65. The Kier molecular flexibility index (Phi) is 1.10. The van der Waals surface area contributed by atoms with Crippen molar-refractivity contribution in [2.45, 2.75) is 12.8 Å². The molecule has 0 saturated heterocycles. The van der Waals surface area contributed by atoms with Gasteiger partial charge in [-0.3, -0.25) is 4.79 Å². The lowest BCUT2D eigenvalue weighted by Crippen LogP contribution is -1.99.